The number of ether oxygens (including phenoxy) is 1. The van der Waals surface area contributed by atoms with Crippen molar-refractivity contribution in [3.63, 3.8) is 0 Å². The molecule has 7 heteroatoms. The van der Waals surface area contributed by atoms with Gasteiger partial charge in [0.25, 0.3) is 0 Å². The molecule has 0 unspecified atom stereocenters. The highest BCUT2D eigenvalue weighted by Crippen LogP contribution is 2.23. The van der Waals surface area contributed by atoms with Crippen LogP contribution in [0.5, 0.6) is 5.75 Å². The Kier molecular flexibility index (Phi) is 6.14. The van der Waals surface area contributed by atoms with E-state index in [-0.39, 0.29) is 12.1 Å². The first-order valence-electron chi connectivity index (χ1n) is 9.15. The molecule has 2 aromatic rings. The Morgan fingerprint density at radius 3 is 2.30 bits per heavy atom. The largest absolute Gasteiger partial charge is 0.491 e. The first-order valence-corrected chi connectivity index (χ1v) is 11.0. The highest BCUT2D eigenvalue weighted by atomic mass is 32.2. The van der Waals surface area contributed by atoms with E-state index in [1.807, 2.05) is 38.1 Å². The lowest BCUT2D eigenvalue weighted by Crippen LogP contribution is -2.59. The highest BCUT2D eigenvalue weighted by molar-refractivity contribution is 7.88. The van der Waals surface area contributed by atoms with Crippen LogP contribution in [0.4, 0.5) is 0 Å². The Morgan fingerprint density at radius 2 is 1.74 bits per heavy atom. The third-order valence-electron chi connectivity index (χ3n) is 4.56. The second-order valence-electron chi connectivity index (χ2n) is 7.32. The summed E-state index contributed by atoms with van der Waals surface area (Å²) in [5.74, 6) is 0.871. The van der Waals surface area contributed by atoms with E-state index in [9.17, 15) is 8.42 Å². The fourth-order valence-electron chi connectivity index (χ4n) is 3.24. The number of benzene rings is 1. The van der Waals surface area contributed by atoms with E-state index in [4.69, 9.17) is 4.74 Å². The van der Waals surface area contributed by atoms with Crippen molar-refractivity contribution in [2.75, 3.05) is 19.3 Å². The van der Waals surface area contributed by atoms with Crippen LogP contribution in [-0.2, 0) is 23.1 Å². The number of sulfonamides is 1. The van der Waals surface area contributed by atoms with Gasteiger partial charge in [-0.2, -0.15) is 4.31 Å². The maximum Gasteiger partial charge on any atom is 0.211 e. The molecule has 0 bridgehead atoms. The zero-order valence-corrected chi connectivity index (χ0v) is 16.9. The first kappa shape index (κ1) is 19.8. The molecule has 1 aromatic heterocycles. The fraction of sp³-hybridized carbons (Fsp3) is 0.450. The van der Waals surface area contributed by atoms with Crippen molar-refractivity contribution in [3.8, 4) is 5.75 Å². The van der Waals surface area contributed by atoms with Crippen LogP contribution in [-0.4, -0.2) is 54.1 Å². The molecule has 27 heavy (non-hydrogen) atoms. The number of hydrogen-bond donors (Lipinski definition) is 0. The fourth-order valence-corrected chi connectivity index (χ4v) is 4.30. The second kappa shape index (κ2) is 8.37. The summed E-state index contributed by atoms with van der Waals surface area (Å²) in [4.78, 5) is 6.25. The van der Waals surface area contributed by atoms with Crippen molar-refractivity contribution in [1.82, 2.24) is 14.2 Å². The Bertz CT molecular complexity index is 833. The lowest BCUT2D eigenvalue weighted by atomic mass is 10.1. The highest BCUT2D eigenvalue weighted by Gasteiger charge is 2.36. The summed E-state index contributed by atoms with van der Waals surface area (Å²) in [6.07, 6.45) is 4.82. The molecule has 0 N–H and O–H groups in total. The van der Waals surface area contributed by atoms with Crippen molar-refractivity contribution >= 4 is 10.0 Å². The molecular formula is C20H27N3O3S. The Hall–Kier alpha value is -1.96. The molecule has 1 fully saturated rings. The van der Waals surface area contributed by atoms with Gasteiger partial charge in [-0.25, -0.2) is 8.42 Å². The van der Waals surface area contributed by atoms with Crippen LogP contribution in [0.15, 0.2) is 48.8 Å². The van der Waals surface area contributed by atoms with Crippen LogP contribution >= 0.6 is 0 Å². The van der Waals surface area contributed by atoms with E-state index in [0.29, 0.717) is 6.54 Å². The predicted molar refractivity (Wildman–Crippen MR) is 106 cm³/mol. The minimum Gasteiger partial charge on any atom is -0.491 e. The number of aromatic nitrogens is 1. The molecule has 0 radical (unpaired) electrons. The number of likely N-dealkylation sites (tertiary alicyclic amines) is 1. The van der Waals surface area contributed by atoms with Crippen LogP contribution in [0.25, 0.3) is 0 Å². The van der Waals surface area contributed by atoms with Crippen molar-refractivity contribution in [1.29, 1.82) is 0 Å². The average Bonchev–Trinajstić information content (AvgIpc) is 2.57. The van der Waals surface area contributed by atoms with Crippen LogP contribution in [0.1, 0.15) is 25.0 Å². The second-order valence-corrected chi connectivity index (χ2v) is 9.26. The molecule has 2 heterocycles. The van der Waals surface area contributed by atoms with Crippen LogP contribution in [0.3, 0.4) is 0 Å². The van der Waals surface area contributed by atoms with E-state index in [1.165, 1.54) is 11.8 Å². The van der Waals surface area contributed by atoms with Gasteiger partial charge in [0.05, 0.1) is 18.4 Å². The zero-order valence-electron chi connectivity index (χ0n) is 16.1. The molecule has 0 aliphatic carbocycles. The van der Waals surface area contributed by atoms with Gasteiger partial charge in [0.2, 0.25) is 10.0 Å². The quantitative estimate of drug-likeness (QED) is 0.694. The standard InChI is InChI=1S/C20H27N3O3S/c1-16(2)26-20-6-4-17(5-7-20)12-22-14-19(15-22)23(27(3,24)25)13-18-8-10-21-11-9-18/h4-11,16,19H,12-15H2,1-3H3. The van der Waals surface area contributed by atoms with E-state index in [1.54, 1.807) is 16.7 Å². The van der Waals surface area contributed by atoms with Gasteiger partial charge >= 0.3 is 0 Å². The van der Waals surface area contributed by atoms with Gasteiger partial charge in [-0.05, 0) is 49.2 Å². The predicted octanol–water partition coefficient (Wildman–Crippen LogP) is 2.51. The van der Waals surface area contributed by atoms with Gasteiger partial charge in [0.1, 0.15) is 5.75 Å². The summed E-state index contributed by atoms with van der Waals surface area (Å²) >= 11 is 0. The monoisotopic (exact) mass is 389 g/mol. The van der Waals surface area contributed by atoms with Gasteiger partial charge in [-0.3, -0.25) is 9.88 Å². The molecule has 1 saturated heterocycles. The maximum absolute atomic E-state index is 12.2. The molecular weight excluding hydrogens is 362 g/mol. The minimum absolute atomic E-state index is 0.0108. The van der Waals surface area contributed by atoms with Crippen LogP contribution < -0.4 is 4.74 Å². The first-order chi connectivity index (χ1) is 12.8. The Labute approximate surface area is 161 Å². The van der Waals surface area contributed by atoms with Crippen molar-refractivity contribution in [3.05, 3.63) is 59.9 Å². The summed E-state index contributed by atoms with van der Waals surface area (Å²) in [5, 5.41) is 0. The normalized spacial score (nSPS) is 15.9. The van der Waals surface area contributed by atoms with Crippen LogP contribution in [0.2, 0.25) is 0 Å². The van der Waals surface area contributed by atoms with Gasteiger partial charge in [0.15, 0.2) is 0 Å². The van der Waals surface area contributed by atoms with Gasteiger partial charge in [0, 0.05) is 38.6 Å². The molecule has 146 valence electrons. The number of rotatable bonds is 8. The molecule has 0 atom stereocenters. The number of nitrogens with zero attached hydrogens (tertiary/aromatic N) is 3. The lowest BCUT2D eigenvalue weighted by molar-refractivity contribution is 0.0699. The summed E-state index contributed by atoms with van der Waals surface area (Å²) < 4.78 is 31.7. The molecule has 1 aliphatic heterocycles. The topological polar surface area (TPSA) is 62.7 Å². The summed E-state index contributed by atoms with van der Waals surface area (Å²) in [5.41, 5.74) is 2.15. The van der Waals surface area contributed by atoms with E-state index in [2.05, 4.69) is 22.0 Å². The van der Waals surface area contributed by atoms with E-state index in [0.717, 1.165) is 30.9 Å². The molecule has 0 amide bonds. The molecule has 1 aliphatic rings. The van der Waals surface area contributed by atoms with Gasteiger partial charge in [-0.1, -0.05) is 12.1 Å². The number of hydrogen-bond acceptors (Lipinski definition) is 5. The Balaban J connectivity index is 1.56. The minimum atomic E-state index is -3.27. The van der Waals surface area contributed by atoms with Crippen molar-refractivity contribution in [2.24, 2.45) is 0 Å². The number of pyridine rings is 1. The van der Waals surface area contributed by atoms with Crippen molar-refractivity contribution in [2.45, 2.75) is 39.1 Å². The summed E-state index contributed by atoms with van der Waals surface area (Å²) in [6, 6.07) is 11.8. The molecule has 6 nitrogen and oxygen atoms in total. The van der Waals surface area contributed by atoms with E-state index < -0.39 is 10.0 Å². The average molecular weight is 390 g/mol. The van der Waals surface area contributed by atoms with Crippen LogP contribution in [0, 0.1) is 0 Å². The van der Waals surface area contributed by atoms with Crippen molar-refractivity contribution < 1.29 is 13.2 Å². The van der Waals surface area contributed by atoms with E-state index >= 15 is 0 Å². The molecule has 1 aromatic carbocycles. The van der Waals surface area contributed by atoms with Gasteiger partial charge in [-0.15, -0.1) is 0 Å². The molecule has 0 spiro atoms. The summed E-state index contributed by atoms with van der Waals surface area (Å²) in [6.45, 7) is 6.69. The summed E-state index contributed by atoms with van der Waals surface area (Å²) in [7, 11) is -3.27. The molecule has 0 saturated carbocycles. The molecule has 3 rings (SSSR count). The zero-order chi connectivity index (χ0) is 19.4. The SMILES string of the molecule is CC(C)Oc1ccc(CN2CC(N(Cc3ccncc3)S(C)(=O)=O)C2)cc1. The maximum atomic E-state index is 12.2. The van der Waals surface area contributed by atoms with Gasteiger partial charge < -0.3 is 4.74 Å². The lowest BCUT2D eigenvalue weighted by Gasteiger charge is -2.44. The third-order valence-corrected chi connectivity index (χ3v) is 5.84. The third kappa shape index (κ3) is 5.51. The smallest absolute Gasteiger partial charge is 0.211 e. The Morgan fingerprint density at radius 1 is 1.11 bits per heavy atom.